The van der Waals surface area contributed by atoms with Crippen LogP contribution in [0.4, 0.5) is 0 Å². The number of fused-ring (bicyclic) bond motifs is 5. The van der Waals surface area contributed by atoms with E-state index in [1.807, 2.05) is 7.11 Å². The second-order valence-corrected chi connectivity index (χ2v) is 10.8. The Kier molecular flexibility index (Phi) is 5.11. The minimum absolute atomic E-state index is 0.535. The molecule has 0 aromatic heterocycles. The molecule has 148 valence electrons. The highest BCUT2D eigenvalue weighted by atomic mass is 16.5. The largest absolute Gasteiger partial charge is 0.381 e. The molecular weight excluding hydrogens is 318 g/mol. The predicted octanol–water partition coefficient (Wildman–Crippen LogP) is 5.51. The quantitative estimate of drug-likeness (QED) is 0.659. The summed E-state index contributed by atoms with van der Waals surface area (Å²) in [5, 5.41) is 0. The Morgan fingerprint density at radius 2 is 1.62 bits per heavy atom. The number of rotatable bonds is 3. The molecule has 5 fully saturated rings. The van der Waals surface area contributed by atoms with Crippen LogP contribution in [0, 0.1) is 35.5 Å². The highest BCUT2D eigenvalue weighted by molar-refractivity contribution is 5.10. The van der Waals surface area contributed by atoms with E-state index >= 15 is 0 Å². The zero-order chi connectivity index (χ0) is 17.7. The van der Waals surface area contributed by atoms with Gasteiger partial charge >= 0.3 is 0 Å². The average Bonchev–Trinajstić information content (AvgIpc) is 3.18. The van der Waals surface area contributed by atoms with Gasteiger partial charge in [-0.15, -0.1) is 0 Å². The van der Waals surface area contributed by atoms with Gasteiger partial charge in [0.2, 0.25) is 0 Å². The molecule has 9 atom stereocenters. The monoisotopic (exact) mass is 359 g/mol. The Bertz CT molecular complexity index is 493. The number of hydrogen-bond acceptors (Lipinski definition) is 2. The fraction of sp³-hybridized carbons (Fsp3) is 1.00. The van der Waals surface area contributed by atoms with Crippen molar-refractivity contribution in [3.8, 4) is 0 Å². The van der Waals surface area contributed by atoms with Crippen molar-refractivity contribution in [2.75, 3.05) is 13.7 Å². The Morgan fingerprint density at radius 1 is 0.808 bits per heavy atom. The Labute approximate surface area is 161 Å². The van der Waals surface area contributed by atoms with Crippen LogP contribution >= 0.6 is 0 Å². The van der Waals surface area contributed by atoms with E-state index in [-0.39, 0.29) is 0 Å². The first-order chi connectivity index (χ1) is 12.8. The van der Waals surface area contributed by atoms with Crippen LogP contribution < -0.4 is 0 Å². The summed E-state index contributed by atoms with van der Waals surface area (Å²) in [5.74, 6) is 5.96. The van der Waals surface area contributed by atoms with Gasteiger partial charge in [-0.25, -0.2) is 0 Å². The van der Waals surface area contributed by atoms with Crippen LogP contribution in [0.2, 0.25) is 0 Å². The summed E-state index contributed by atoms with van der Waals surface area (Å²) in [6.45, 7) is 3.89. The molecule has 2 nitrogen and oxygen atoms in total. The molecule has 26 heavy (non-hydrogen) atoms. The molecular formula is C24H41NO. The summed E-state index contributed by atoms with van der Waals surface area (Å²) in [6.07, 6.45) is 18.2. The lowest BCUT2D eigenvalue weighted by Crippen LogP contribution is -2.48. The second kappa shape index (κ2) is 7.39. The van der Waals surface area contributed by atoms with Gasteiger partial charge in [-0.2, -0.15) is 0 Å². The topological polar surface area (TPSA) is 12.5 Å². The summed E-state index contributed by atoms with van der Waals surface area (Å²) in [7, 11) is 1.97. The third-order valence-electron chi connectivity index (χ3n) is 9.49. The van der Waals surface area contributed by atoms with E-state index in [9.17, 15) is 0 Å². The molecule has 5 rings (SSSR count). The van der Waals surface area contributed by atoms with Crippen molar-refractivity contribution in [3.05, 3.63) is 0 Å². The smallest absolute Gasteiger partial charge is 0.0611 e. The van der Waals surface area contributed by atoms with Gasteiger partial charge in [0.25, 0.3) is 0 Å². The molecule has 0 bridgehead atoms. The summed E-state index contributed by atoms with van der Waals surface area (Å²) < 4.78 is 5.96. The van der Waals surface area contributed by atoms with Crippen LogP contribution in [0.3, 0.4) is 0 Å². The average molecular weight is 360 g/mol. The lowest BCUT2D eigenvalue weighted by atomic mass is 9.74. The normalized spacial score (nSPS) is 51.7. The van der Waals surface area contributed by atoms with Crippen molar-refractivity contribution in [2.24, 2.45) is 35.5 Å². The standard InChI is InChI=1S/C24H41NO/c1-16-11-12-22-20(13-16)21-14-17-7-3-5-9-19(17)24(21)25(22)15-18-8-4-6-10-23(18)26-2/h16-24H,3-15H2,1-2H3. The van der Waals surface area contributed by atoms with Gasteiger partial charge in [0.1, 0.15) is 0 Å². The summed E-state index contributed by atoms with van der Waals surface area (Å²) in [4.78, 5) is 3.12. The van der Waals surface area contributed by atoms with E-state index in [0.29, 0.717) is 6.10 Å². The van der Waals surface area contributed by atoms with E-state index in [1.54, 1.807) is 12.8 Å². The van der Waals surface area contributed by atoms with Gasteiger partial charge < -0.3 is 4.74 Å². The van der Waals surface area contributed by atoms with Gasteiger partial charge in [-0.05, 0) is 80.5 Å². The maximum Gasteiger partial charge on any atom is 0.0611 e. The molecule has 0 aromatic rings. The molecule has 9 unspecified atom stereocenters. The van der Waals surface area contributed by atoms with Crippen LogP contribution in [0.25, 0.3) is 0 Å². The van der Waals surface area contributed by atoms with E-state index in [1.165, 1.54) is 70.8 Å². The van der Waals surface area contributed by atoms with Crippen molar-refractivity contribution in [2.45, 2.75) is 102 Å². The first-order valence-corrected chi connectivity index (χ1v) is 12.0. The van der Waals surface area contributed by atoms with Gasteiger partial charge in [0, 0.05) is 25.7 Å². The predicted molar refractivity (Wildman–Crippen MR) is 107 cm³/mol. The Hall–Kier alpha value is -0.0800. The van der Waals surface area contributed by atoms with Gasteiger partial charge in [0.05, 0.1) is 6.10 Å². The summed E-state index contributed by atoms with van der Waals surface area (Å²) in [5.41, 5.74) is 0. The van der Waals surface area contributed by atoms with Crippen molar-refractivity contribution in [1.29, 1.82) is 0 Å². The third-order valence-corrected chi connectivity index (χ3v) is 9.49. The minimum Gasteiger partial charge on any atom is -0.381 e. The van der Waals surface area contributed by atoms with Crippen LogP contribution in [-0.2, 0) is 4.74 Å². The van der Waals surface area contributed by atoms with Crippen molar-refractivity contribution in [3.63, 3.8) is 0 Å². The summed E-state index contributed by atoms with van der Waals surface area (Å²) in [6, 6.07) is 1.86. The molecule has 2 heteroatoms. The fourth-order valence-electron chi connectivity index (χ4n) is 8.43. The zero-order valence-electron chi connectivity index (χ0n) is 17.2. The lowest BCUT2D eigenvalue weighted by Gasteiger charge is -2.43. The van der Waals surface area contributed by atoms with Gasteiger partial charge in [-0.1, -0.05) is 39.0 Å². The molecule has 1 saturated heterocycles. The minimum atomic E-state index is 0.535. The molecule has 0 spiro atoms. The number of likely N-dealkylation sites (tertiary alicyclic amines) is 1. The number of ether oxygens (including phenoxy) is 1. The van der Waals surface area contributed by atoms with Crippen LogP contribution in [0.15, 0.2) is 0 Å². The maximum absolute atomic E-state index is 5.96. The van der Waals surface area contributed by atoms with Crippen LogP contribution in [0.1, 0.15) is 84.0 Å². The van der Waals surface area contributed by atoms with Gasteiger partial charge in [0.15, 0.2) is 0 Å². The second-order valence-electron chi connectivity index (χ2n) is 10.8. The number of hydrogen-bond donors (Lipinski definition) is 0. The first kappa shape index (κ1) is 18.0. The van der Waals surface area contributed by atoms with Crippen molar-refractivity contribution < 1.29 is 4.74 Å². The highest BCUT2D eigenvalue weighted by Gasteiger charge is 2.58. The van der Waals surface area contributed by atoms with Crippen molar-refractivity contribution >= 4 is 0 Å². The van der Waals surface area contributed by atoms with E-state index in [2.05, 4.69) is 11.8 Å². The number of methoxy groups -OCH3 is 1. The third kappa shape index (κ3) is 2.98. The Morgan fingerprint density at radius 3 is 2.50 bits per heavy atom. The van der Waals surface area contributed by atoms with E-state index in [4.69, 9.17) is 4.74 Å². The van der Waals surface area contributed by atoms with Crippen molar-refractivity contribution in [1.82, 2.24) is 4.90 Å². The molecule has 1 heterocycles. The number of nitrogens with zero attached hydrogens (tertiary/aromatic N) is 1. The van der Waals surface area contributed by atoms with E-state index in [0.717, 1.165) is 47.6 Å². The van der Waals surface area contributed by atoms with Crippen LogP contribution in [-0.4, -0.2) is 36.7 Å². The molecule has 4 aliphatic carbocycles. The van der Waals surface area contributed by atoms with Crippen LogP contribution in [0.5, 0.6) is 0 Å². The fourth-order valence-corrected chi connectivity index (χ4v) is 8.43. The molecule has 0 aromatic carbocycles. The van der Waals surface area contributed by atoms with E-state index < -0.39 is 0 Å². The van der Waals surface area contributed by atoms with Gasteiger partial charge in [-0.3, -0.25) is 4.90 Å². The zero-order valence-corrected chi connectivity index (χ0v) is 17.2. The molecule has 4 saturated carbocycles. The maximum atomic E-state index is 5.96. The molecule has 5 aliphatic rings. The molecule has 0 amide bonds. The lowest BCUT2D eigenvalue weighted by molar-refractivity contribution is -0.0108. The first-order valence-electron chi connectivity index (χ1n) is 12.0. The molecule has 1 aliphatic heterocycles. The highest BCUT2D eigenvalue weighted by Crippen LogP contribution is 2.58. The summed E-state index contributed by atoms with van der Waals surface area (Å²) >= 11 is 0. The SMILES string of the molecule is COC1CCCCC1CN1C2CCC(C)CC2C2CC3CCCCC3C21. The molecule has 0 radical (unpaired) electrons. The Balaban J connectivity index is 1.40. The molecule has 0 N–H and O–H groups in total.